The first-order valence-corrected chi connectivity index (χ1v) is 11.0. The molecule has 0 bridgehead atoms. The van der Waals surface area contributed by atoms with Crippen LogP contribution < -0.4 is 16.2 Å². The summed E-state index contributed by atoms with van der Waals surface area (Å²) in [6.45, 7) is 0.555. The van der Waals surface area contributed by atoms with Crippen LogP contribution in [-0.2, 0) is 6.54 Å². The standard InChI is InChI=1S/C26H20ClN5O2.ClH/c27-18-11-9-17(10-12-18)25(33)31-21-8-4-7-20-23(21)32-24(30-20)22-19(13-14-28-26(22)34)29-15-16-5-2-1-3-6-16;/h1-14H,15H2,(H,30,32)(H,31,33)(H2,28,29,34);1H. The number of aromatic nitrogens is 3. The summed E-state index contributed by atoms with van der Waals surface area (Å²) in [6, 6.07) is 23.8. The number of fused-ring (bicyclic) bond motifs is 1. The van der Waals surface area contributed by atoms with E-state index in [9.17, 15) is 9.59 Å². The fourth-order valence-electron chi connectivity index (χ4n) is 3.70. The number of nitrogens with zero attached hydrogens (tertiary/aromatic N) is 1. The van der Waals surface area contributed by atoms with Crippen LogP contribution >= 0.6 is 24.0 Å². The van der Waals surface area contributed by atoms with Gasteiger partial charge < -0.3 is 20.6 Å². The Bertz CT molecular complexity index is 1530. The van der Waals surface area contributed by atoms with Crippen molar-refractivity contribution in [2.24, 2.45) is 0 Å². The third-order valence-electron chi connectivity index (χ3n) is 5.39. The molecule has 7 nitrogen and oxygen atoms in total. The van der Waals surface area contributed by atoms with Gasteiger partial charge in [-0.05, 0) is 48.0 Å². The van der Waals surface area contributed by atoms with Gasteiger partial charge in [0, 0.05) is 23.3 Å². The van der Waals surface area contributed by atoms with E-state index in [4.69, 9.17) is 11.6 Å². The van der Waals surface area contributed by atoms with E-state index in [-0.39, 0.29) is 23.9 Å². The van der Waals surface area contributed by atoms with Crippen molar-refractivity contribution >= 4 is 52.3 Å². The highest BCUT2D eigenvalue weighted by Gasteiger charge is 2.17. The normalized spacial score (nSPS) is 10.5. The summed E-state index contributed by atoms with van der Waals surface area (Å²) >= 11 is 5.92. The first-order valence-electron chi connectivity index (χ1n) is 10.6. The molecule has 1 amide bonds. The Morgan fingerprint density at radius 1 is 0.914 bits per heavy atom. The highest BCUT2D eigenvalue weighted by molar-refractivity contribution is 6.30. The van der Waals surface area contributed by atoms with Crippen LogP contribution in [0.5, 0.6) is 0 Å². The minimum Gasteiger partial charge on any atom is -0.380 e. The molecule has 0 aliphatic rings. The lowest BCUT2D eigenvalue weighted by atomic mass is 10.2. The second-order valence-corrected chi connectivity index (χ2v) is 8.12. The number of H-pyrrole nitrogens is 2. The molecule has 35 heavy (non-hydrogen) atoms. The molecule has 0 atom stereocenters. The number of aromatic amines is 2. The van der Waals surface area contributed by atoms with E-state index in [2.05, 4.69) is 25.6 Å². The van der Waals surface area contributed by atoms with Crippen molar-refractivity contribution in [1.82, 2.24) is 15.0 Å². The second-order valence-electron chi connectivity index (χ2n) is 7.68. The van der Waals surface area contributed by atoms with E-state index >= 15 is 0 Å². The van der Waals surface area contributed by atoms with Gasteiger partial charge >= 0.3 is 0 Å². The van der Waals surface area contributed by atoms with Gasteiger partial charge in [-0.3, -0.25) is 9.59 Å². The third kappa shape index (κ3) is 5.21. The third-order valence-corrected chi connectivity index (χ3v) is 5.64. The summed E-state index contributed by atoms with van der Waals surface area (Å²) in [4.78, 5) is 36.1. The molecular formula is C26H21Cl2N5O2. The maximum atomic E-state index is 12.8. The highest BCUT2D eigenvalue weighted by atomic mass is 35.5. The molecule has 4 N–H and O–H groups in total. The number of anilines is 2. The zero-order valence-corrected chi connectivity index (χ0v) is 19.9. The predicted molar refractivity (Wildman–Crippen MR) is 143 cm³/mol. The van der Waals surface area contributed by atoms with Crippen LogP contribution in [0.4, 0.5) is 11.4 Å². The molecule has 5 aromatic rings. The summed E-state index contributed by atoms with van der Waals surface area (Å²) in [5.41, 5.74) is 4.12. The number of hydrogen-bond acceptors (Lipinski definition) is 4. The van der Waals surface area contributed by atoms with Crippen molar-refractivity contribution in [2.75, 3.05) is 10.6 Å². The average molecular weight is 506 g/mol. The molecular weight excluding hydrogens is 485 g/mol. The lowest BCUT2D eigenvalue weighted by Gasteiger charge is -2.10. The number of halogens is 2. The number of benzene rings is 3. The van der Waals surface area contributed by atoms with Gasteiger partial charge in [0.1, 0.15) is 16.9 Å². The SMILES string of the molecule is Cl.O=C(Nc1cccc2[nH]c(-c3c(NCc4ccccc4)cc[nH]c3=O)nc12)c1ccc(Cl)cc1. The Labute approximate surface area is 212 Å². The molecule has 0 radical (unpaired) electrons. The van der Waals surface area contributed by atoms with Crippen LogP contribution in [-0.4, -0.2) is 20.9 Å². The summed E-state index contributed by atoms with van der Waals surface area (Å²) in [6.07, 6.45) is 1.60. The Hall–Kier alpha value is -4.07. The number of carbonyl (C=O) groups excluding carboxylic acids is 1. The number of imidazole rings is 1. The lowest BCUT2D eigenvalue weighted by molar-refractivity contribution is 0.102. The van der Waals surface area contributed by atoms with Crippen molar-refractivity contribution in [2.45, 2.75) is 6.54 Å². The summed E-state index contributed by atoms with van der Waals surface area (Å²) in [5.74, 6) is 0.122. The number of para-hydroxylation sites is 1. The van der Waals surface area contributed by atoms with E-state index in [0.29, 0.717) is 50.9 Å². The molecule has 0 spiro atoms. The molecule has 0 aliphatic carbocycles. The predicted octanol–water partition coefficient (Wildman–Crippen LogP) is 5.86. The van der Waals surface area contributed by atoms with Crippen LogP contribution in [0.3, 0.4) is 0 Å². The van der Waals surface area contributed by atoms with Gasteiger partial charge in [-0.1, -0.05) is 48.0 Å². The first-order chi connectivity index (χ1) is 16.6. The average Bonchev–Trinajstić information content (AvgIpc) is 3.28. The molecule has 9 heteroatoms. The van der Waals surface area contributed by atoms with E-state index in [1.807, 2.05) is 42.5 Å². The maximum absolute atomic E-state index is 12.8. The van der Waals surface area contributed by atoms with Gasteiger partial charge in [0.05, 0.1) is 16.9 Å². The molecule has 0 unspecified atom stereocenters. The van der Waals surface area contributed by atoms with Crippen molar-refractivity contribution < 1.29 is 4.79 Å². The van der Waals surface area contributed by atoms with Crippen molar-refractivity contribution in [3.05, 3.63) is 112 Å². The van der Waals surface area contributed by atoms with Crippen LogP contribution in [0.25, 0.3) is 22.4 Å². The molecule has 176 valence electrons. The smallest absolute Gasteiger partial charge is 0.261 e. The molecule has 2 aromatic heterocycles. The summed E-state index contributed by atoms with van der Waals surface area (Å²) < 4.78 is 0. The first kappa shape index (κ1) is 24.1. The number of amides is 1. The van der Waals surface area contributed by atoms with Gasteiger partial charge in [0.15, 0.2) is 0 Å². The lowest BCUT2D eigenvalue weighted by Crippen LogP contribution is -2.13. The number of hydrogen-bond donors (Lipinski definition) is 4. The molecule has 0 aliphatic heterocycles. The van der Waals surface area contributed by atoms with Crippen molar-refractivity contribution in [3.8, 4) is 11.4 Å². The Morgan fingerprint density at radius 3 is 2.46 bits per heavy atom. The van der Waals surface area contributed by atoms with Gasteiger partial charge in [0.25, 0.3) is 11.5 Å². The Balaban J connectivity index is 0.00000289. The molecule has 5 rings (SSSR count). The summed E-state index contributed by atoms with van der Waals surface area (Å²) in [5, 5.41) is 6.78. The number of carbonyl (C=O) groups is 1. The van der Waals surface area contributed by atoms with E-state index in [1.54, 1.807) is 42.6 Å². The molecule has 0 saturated carbocycles. The van der Waals surface area contributed by atoms with Crippen molar-refractivity contribution in [3.63, 3.8) is 0 Å². The fourth-order valence-corrected chi connectivity index (χ4v) is 3.83. The van der Waals surface area contributed by atoms with Crippen LogP contribution in [0.1, 0.15) is 15.9 Å². The highest BCUT2D eigenvalue weighted by Crippen LogP contribution is 2.28. The van der Waals surface area contributed by atoms with Crippen LogP contribution in [0.15, 0.2) is 89.9 Å². The molecule has 3 aromatic carbocycles. The Morgan fingerprint density at radius 2 is 1.69 bits per heavy atom. The minimum absolute atomic E-state index is 0. The number of pyridine rings is 1. The molecule has 2 heterocycles. The van der Waals surface area contributed by atoms with Crippen LogP contribution in [0, 0.1) is 0 Å². The molecule has 0 fully saturated rings. The summed E-state index contributed by atoms with van der Waals surface area (Å²) in [7, 11) is 0. The van der Waals surface area contributed by atoms with Crippen LogP contribution in [0.2, 0.25) is 5.02 Å². The zero-order chi connectivity index (χ0) is 23.5. The largest absolute Gasteiger partial charge is 0.380 e. The topological polar surface area (TPSA) is 103 Å². The minimum atomic E-state index is -0.281. The second kappa shape index (κ2) is 10.5. The maximum Gasteiger partial charge on any atom is 0.261 e. The number of nitrogens with one attached hydrogen (secondary N) is 4. The zero-order valence-electron chi connectivity index (χ0n) is 18.3. The molecule has 0 saturated heterocycles. The van der Waals surface area contributed by atoms with E-state index in [1.165, 1.54) is 0 Å². The quantitative estimate of drug-likeness (QED) is 0.232. The Kier molecular flexibility index (Phi) is 7.19. The van der Waals surface area contributed by atoms with Gasteiger partial charge in [0.2, 0.25) is 0 Å². The van der Waals surface area contributed by atoms with E-state index < -0.39 is 0 Å². The van der Waals surface area contributed by atoms with E-state index in [0.717, 1.165) is 5.56 Å². The monoisotopic (exact) mass is 505 g/mol. The van der Waals surface area contributed by atoms with Gasteiger partial charge in [-0.15, -0.1) is 12.4 Å². The van der Waals surface area contributed by atoms with Gasteiger partial charge in [-0.2, -0.15) is 0 Å². The van der Waals surface area contributed by atoms with Gasteiger partial charge in [-0.25, -0.2) is 4.98 Å². The number of rotatable bonds is 6. The van der Waals surface area contributed by atoms with Crippen molar-refractivity contribution in [1.29, 1.82) is 0 Å². The fraction of sp³-hybridized carbons (Fsp3) is 0.0385.